The second kappa shape index (κ2) is 19.0. The molecule has 1 aliphatic heterocycles. The molecule has 0 aromatic heterocycles. The van der Waals surface area contributed by atoms with Crippen LogP contribution in [0.3, 0.4) is 0 Å². The van der Waals surface area contributed by atoms with Crippen LogP contribution in [0.5, 0.6) is 0 Å². The molecule has 15 heteroatoms. The summed E-state index contributed by atoms with van der Waals surface area (Å²) in [5.41, 5.74) is -4.95. The summed E-state index contributed by atoms with van der Waals surface area (Å²) in [4.78, 5) is 85.2. The molecule has 7 rings (SSSR count). The zero-order valence-corrected chi connectivity index (χ0v) is 39.4. The standard InChI is InChI=1S/C51H59NO13S/c1-29-36(62-45(56)31(3)40(33-18-12-9-13-19-33)52-44(55)34-20-14-10-15-21-34)27-51(59)43(64-46(57)35-22-16-11-17-23-35)41-49(7,42(54)30(2)39(29)48(51,5)6)37(63-47(58)60-24-25-66-8)26-38-50(41,28-61-38)65-32(4)53/h9-23,30-31,36-38,40-41,43,59H,24-28H2,1-8H3,(H,52,55)/t30-,31-,36+,37+,38-,40-,41?,43?,49-,50+,51-/m1/s1. The van der Waals surface area contributed by atoms with Crippen molar-refractivity contribution >= 4 is 47.5 Å². The van der Waals surface area contributed by atoms with Gasteiger partial charge in [0.1, 0.15) is 42.4 Å². The molecule has 14 nitrogen and oxygen atoms in total. The summed E-state index contributed by atoms with van der Waals surface area (Å²) in [6.07, 6.45) is -4.73. The number of nitrogens with one attached hydrogen (secondary N) is 1. The zero-order valence-electron chi connectivity index (χ0n) is 38.6. The predicted octanol–water partition coefficient (Wildman–Crippen LogP) is 7.24. The van der Waals surface area contributed by atoms with Gasteiger partial charge in [0.15, 0.2) is 5.60 Å². The molecule has 352 valence electrons. The lowest BCUT2D eigenvalue weighted by Crippen LogP contribution is -2.81. The average Bonchev–Trinajstić information content (AvgIpc) is 3.29. The first-order valence-electron chi connectivity index (χ1n) is 22.3. The third-order valence-electron chi connectivity index (χ3n) is 14.5. The molecule has 3 aliphatic carbocycles. The Bertz CT molecular complexity index is 2360. The van der Waals surface area contributed by atoms with Crippen molar-refractivity contribution in [3.8, 4) is 0 Å². The molecule has 3 aromatic carbocycles. The SMILES string of the molecule is CSCCOC(=O)O[C@H]1C[C@H]2OC[C@@]2(OC(C)=O)C2C(OC(=O)c3ccccc3)[C@]3(O)C[C@H](OC(=O)[C@H](C)[C@@H](NC(=O)c4ccccc4)c4ccccc4)C(C)=C([C@@H](C)C(=O)[C@@]21C)C3(C)C. The van der Waals surface area contributed by atoms with E-state index < -0.39 is 106 Å². The smallest absolute Gasteiger partial charge is 0.457 e. The molecule has 4 aliphatic rings. The van der Waals surface area contributed by atoms with Crippen LogP contribution in [0.2, 0.25) is 0 Å². The number of benzene rings is 3. The van der Waals surface area contributed by atoms with Gasteiger partial charge in [0, 0.05) is 42.4 Å². The van der Waals surface area contributed by atoms with E-state index in [2.05, 4.69) is 5.32 Å². The van der Waals surface area contributed by atoms with Crippen LogP contribution in [0.1, 0.15) is 93.6 Å². The number of aliphatic hydroxyl groups is 1. The largest absolute Gasteiger partial charge is 0.508 e. The van der Waals surface area contributed by atoms with Crippen molar-refractivity contribution in [1.82, 2.24) is 5.32 Å². The number of ether oxygens (including phenoxy) is 6. The van der Waals surface area contributed by atoms with Gasteiger partial charge in [-0.3, -0.25) is 19.2 Å². The highest BCUT2D eigenvalue weighted by atomic mass is 32.2. The van der Waals surface area contributed by atoms with Crippen molar-refractivity contribution in [2.45, 2.75) is 103 Å². The highest BCUT2D eigenvalue weighted by Crippen LogP contribution is 2.65. The summed E-state index contributed by atoms with van der Waals surface area (Å²) in [5, 5.41) is 16.9. The summed E-state index contributed by atoms with van der Waals surface area (Å²) in [5.74, 6) is -6.05. The van der Waals surface area contributed by atoms with Gasteiger partial charge in [-0.05, 0) is 68.0 Å². The Hall–Kier alpha value is -5.51. The Balaban J connectivity index is 1.36. The number of hydrogen-bond donors (Lipinski definition) is 2. The molecule has 0 radical (unpaired) electrons. The maximum Gasteiger partial charge on any atom is 0.508 e. The first-order valence-corrected chi connectivity index (χ1v) is 23.7. The Labute approximate surface area is 389 Å². The molecule has 3 fully saturated rings. The Kier molecular flexibility index (Phi) is 13.9. The quantitative estimate of drug-likeness (QED) is 0.0755. The van der Waals surface area contributed by atoms with E-state index in [-0.39, 0.29) is 31.6 Å². The van der Waals surface area contributed by atoms with Crippen LogP contribution < -0.4 is 5.32 Å². The maximum absolute atomic E-state index is 15.8. The highest BCUT2D eigenvalue weighted by molar-refractivity contribution is 7.98. The van der Waals surface area contributed by atoms with Gasteiger partial charge >= 0.3 is 24.1 Å². The van der Waals surface area contributed by atoms with Crippen LogP contribution in [0.4, 0.5) is 4.79 Å². The molecule has 2 N–H and O–H groups in total. The maximum atomic E-state index is 15.8. The number of thioether (sulfide) groups is 1. The highest BCUT2D eigenvalue weighted by Gasteiger charge is 2.78. The van der Waals surface area contributed by atoms with E-state index in [0.717, 1.165) is 0 Å². The van der Waals surface area contributed by atoms with E-state index in [0.29, 0.717) is 28.0 Å². The van der Waals surface area contributed by atoms with Gasteiger partial charge in [0.25, 0.3) is 5.91 Å². The van der Waals surface area contributed by atoms with Crippen molar-refractivity contribution < 1.29 is 62.3 Å². The molecule has 3 aromatic rings. The number of Topliss-reactive ketones (excluding diaryl/α,β-unsaturated/α-hetero) is 1. The predicted molar refractivity (Wildman–Crippen MR) is 243 cm³/mol. The van der Waals surface area contributed by atoms with Crippen molar-refractivity contribution in [1.29, 1.82) is 0 Å². The molecule has 66 heavy (non-hydrogen) atoms. The third-order valence-corrected chi connectivity index (χ3v) is 15.1. The van der Waals surface area contributed by atoms with Crippen molar-refractivity contribution in [3.05, 3.63) is 119 Å². The Morgan fingerprint density at radius 3 is 2.08 bits per heavy atom. The number of hydrogen-bond acceptors (Lipinski definition) is 14. The normalized spacial score (nSPS) is 30.6. The van der Waals surface area contributed by atoms with Gasteiger partial charge in [-0.25, -0.2) is 9.59 Å². The number of esters is 3. The lowest BCUT2D eigenvalue weighted by atomic mass is 9.43. The van der Waals surface area contributed by atoms with E-state index in [1.54, 1.807) is 126 Å². The fraction of sp³-hybridized carbons (Fsp3) is 0.490. The molecule has 2 unspecified atom stereocenters. The van der Waals surface area contributed by atoms with Crippen molar-refractivity contribution in [2.75, 3.05) is 25.2 Å². The zero-order chi connectivity index (χ0) is 47.8. The van der Waals surface area contributed by atoms with E-state index in [9.17, 15) is 29.1 Å². The van der Waals surface area contributed by atoms with Gasteiger partial charge in [0.2, 0.25) is 0 Å². The van der Waals surface area contributed by atoms with Crippen molar-refractivity contribution in [2.24, 2.45) is 28.6 Å². The Morgan fingerprint density at radius 1 is 0.894 bits per heavy atom. The summed E-state index contributed by atoms with van der Waals surface area (Å²) in [6.45, 7) is 11.2. The number of carbonyl (C=O) groups is 6. The van der Waals surface area contributed by atoms with Crippen LogP contribution in [-0.2, 0) is 42.8 Å². The number of rotatable bonds is 13. The topological polar surface area (TPSA) is 190 Å². The van der Waals surface area contributed by atoms with Crippen LogP contribution >= 0.6 is 11.8 Å². The second-order valence-corrected chi connectivity index (χ2v) is 19.6. The van der Waals surface area contributed by atoms with Gasteiger partial charge in [0.05, 0.1) is 35.5 Å². The molecule has 1 saturated heterocycles. The van der Waals surface area contributed by atoms with Gasteiger partial charge < -0.3 is 38.8 Å². The molecule has 2 bridgehead atoms. The minimum absolute atomic E-state index is 0.0378. The first-order chi connectivity index (χ1) is 31.3. The summed E-state index contributed by atoms with van der Waals surface area (Å²) in [7, 11) is 0. The van der Waals surface area contributed by atoms with E-state index in [1.807, 2.05) is 12.3 Å². The van der Waals surface area contributed by atoms with Crippen LogP contribution in [0.15, 0.2) is 102 Å². The first kappa shape index (κ1) is 48.4. The van der Waals surface area contributed by atoms with Crippen LogP contribution in [0.25, 0.3) is 0 Å². The Morgan fingerprint density at radius 2 is 1.50 bits per heavy atom. The van der Waals surface area contributed by atoms with E-state index >= 15 is 4.79 Å². The van der Waals surface area contributed by atoms with Crippen LogP contribution in [-0.4, -0.2) is 102 Å². The molecule has 2 saturated carbocycles. The molecular formula is C51H59NO13S. The van der Waals surface area contributed by atoms with E-state index in [4.69, 9.17) is 28.4 Å². The monoisotopic (exact) mass is 925 g/mol. The lowest BCUT2D eigenvalue weighted by Gasteiger charge is -2.67. The number of carbonyl (C=O) groups excluding carboxylic acids is 6. The van der Waals surface area contributed by atoms with Crippen LogP contribution in [0, 0.1) is 28.6 Å². The fourth-order valence-electron chi connectivity index (χ4n) is 11.1. The molecule has 1 amide bonds. The average molecular weight is 926 g/mol. The number of ketones is 1. The van der Waals surface area contributed by atoms with E-state index in [1.165, 1.54) is 18.7 Å². The number of amides is 1. The minimum Gasteiger partial charge on any atom is -0.457 e. The summed E-state index contributed by atoms with van der Waals surface area (Å²) >= 11 is 1.46. The lowest BCUT2D eigenvalue weighted by molar-refractivity contribution is -0.345. The van der Waals surface area contributed by atoms with Gasteiger partial charge in [-0.1, -0.05) is 87.5 Å². The molecule has 11 atom stereocenters. The molecule has 1 heterocycles. The third kappa shape index (κ3) is 8.54. The molecular weight excluding hydrogens is 867 g/mol. The number of fused-ring (bicyclic) bond motifs is 5. The summed E-state index contributed by atoms with van der Waals surface area (Å²) < 4.78 is 36.8. The van der Waals surface area contributed by atoms with Gasteiger partial charge in [-0.15, -0.1) is 0 Å². The minimum atomic E-state index is -2.18. The summed E-state index contributed by atoms with van der Waals surface area (Å²) in [6, 6.07) is 24.9. The molecule has 0 spiro atoms. The fourth-order valence-corrected chi connectivity index (χ4v) is 11.4. The van der Waals surface area contributed by atoms with Crippen molar-refractivity contribution in [3.63, 3.8) is 0 Å². The van der Waals surface area contributed by atoms with Gasteiger partial charge in [-0.2, -0.15) is 11.8 Å². The second-order valence-electron chi connectivity index (χ2n) is 18.6.